The van der Waals surface area contributed by atoms with Crippen molar-refractivity contribution in [3.05, 3.63) is 192 Å². The van der Waals surface area contributed by atoms with Crippen molar-refractivity contribution < 1.29 is 4.42 Å². The van der Waals surface area contributed by atoms with E-state index in [-0.39, 0.29) is 6.71 Å². The number of anilines is 3. The average Bonchev–Trinajstić information content (AvgIpc) is 3.61. The van der Waals surface area contributed by atoms with Crippen LogP contribution in [0.15, 0.2) is 174 Å². The maximum Gasteiger partial charge on any atom is 0.242 e. The van der Waals surface area contributed by atoms with Gasteiger partial charge in [0.25, 0.3) is 0 Å². The summed E-state index contributed by atoms with van der Waals surface area (Å²) in [4.78, 5) is 2.46. The minimum absolute atomic E-state index is 0.0850. The first kappa shape index (κ1) is 33.5. The molecule has 10 aromatic carbocycles. The van der Waals surface area contributed by atoms with E-state index in [2.05, 4.69) is 196 Å². The smallest absolute Gasteiger partial charge is 0.242 e. The fourth-order valence-electron chi connectivity index (χ4n) is 9.70. The van der Waals surface area contributed by atoms with E-state index >= 15 is 0 Å². The fourth-order valence-corrected chi connectivity index (χ4v) is 9.70. The molecule has 0 amide bonds. The molecule has 0 unspecified atom stereocenters. The summed E-state index contributed by atoms with van der Waals surface area (Å²) in [6.45, 7) is 9.16. The van der Waals surface area contributed by atoms with Crippen LogP contribution in [0.5, 0.6) is 0 Å². The van der Waals surface area contributed by atoms with Crippen molar-refractivity contribution in [1.29, 1.82) is 0 Å². The van der Waals surface area contributed by atoms with Crippen molar-refractivity contribution in [2.75, 3.05) is 4.90 Å². The third-order valence-electron chi connectivity index (χ3n) is 12.5. The molecule has 11 aromatic rings. The van der Waals surface area contributed by atoms with Gasteiger partial charge in [0.15, 0.2) is 0 Å². The number of para-hydroxylation sites is 1. The highest BCUT2D eigenvalue weighted by Crippen LogP contribution is 2.47. The summed E-state index contributed by atoms with van der Waals surface area (Å²) >= 11 is 0. The van der Waals surface area contributed by atoms with Gasteiger partial charge in [-0.3, -0.25) is 0 Å². The second-order valence-corrected chi connectivity index (χ2v) is 15.9. The SMILES string of the molecule is Cc1ccccc1B(c1ccccc1C)c1cc(C)c2ccc3c(N(c4ccc5ccccc5c4)c4ccc5oc6ccccc6c5c4)cc(C)c4ccc1c2c43. The largest absolute Gasteiger partial charge is 0.456 e. The number of rotatable bonds is 6. The van der Waals surface area contributed by atoms with E-state index in [1.54, 1.807) is 0 Å². The van der Waals surface area contributed by atoms with Crippen LogP contribution in [0.3, 0.4) is 0 Å². The van der Waals surface area contributed by atoms with Crippen LogP contribution in [-0.2, 0) is 0 Å². The van der Waals surface area contributed by atoms with E-state index in [1.807, 2.05) is 6.07 Å². The zero-order chi connectivity index (χ0) is 38.4. The number of furan rings is 1. The molecule has 0 aliphatic carbocycles. The topological polar surface area (TPSA) is 16.4 Å². The Morgan fingerprint density at radius 2 is 0.930 bits per heavy atom. The molecule has 1 aromatic heterocycles. The summed E-state index contributed by atoms with van der Waals surface area (Å²) in [5.74, 6) is 0. The summed E-state index contributed by atoms with van der Waals surface area (Å²) in [7, 11) is 0. The Kier molecular flexibility index (Phi) is 7.56. The van der Waals surface area contributed by atoms with Crippen molar-refractivity contribution in [2.24, 2.45) is 0 Å². The molecule has 0 radical (unpaired) electrons. The standard InChI is InChI=1S/C54H40BNO/c1-33-13-5-10-18-47(33)55(48-19-11-6-14-34(48)2)49-29-35(3)41-25-27-45-50(30-36(4)42-24-26-44(49)53(41)54(42)45)56(39-22-21-37-15-7-8-16-38(37)31-39)40-23-28-52-46(32-40)43-17-9-12-20-51(43)57-52/h5-32H,1-4H3. The van der Waals surface area contributed by atoms with E-state index in [0.29, 0.717) is 0 Å². The summed E-state index contributed by atoms with van der Waals surface area (Å²) < 4.78 is 6.32. The molecule has 0 N–H and O–H groups in total. The van der Waals surface area contributed by atoms with Crippen molar-refractivity contribution in [2.45, 2.75) is 27.7 Å². The highest BCUT2D eigenvalue weighted by Gasteiger charge is 2.29. The third kappa shape index (κ3) is 5.19. The monoisotopic (exact) mass is 729 g/mol. The Labute approximate surface area is 333 Å². The predicted octanol–water partition coefficient (Wildman–Crippen LogP) is 12.9. The van der Waals surface area contributed by atoms with Gasteiger partial charge >= 0.3 is 0 Å². The maximum atomic E-state index is 6.32. The van der Waals surface area contributed by atoms with Crippen LogP contribution in [0.1, 0.15) is 22.3 Å². The number of hydrogen-bond donors (Lipinski definition) is 0. The van der Waals surface area contributed by atoms with E-state index in [0.717, 1.165) is 39.0 Å². The molecular formula is C54H40BNO. The number of hydrogen-bond acceptors (Lipinski definition) is 2. The van der Waals surface area contributed by atoms with E-state index in [1.165, 1.54) is 81.7 Å². The van der Waals surface area contributed by atoms with Gasteiger partial charge in [0.05, 0.1) is 5.69 Å². The molecule has 270 valence electrons. The van der Waals surface area contributed by atoms with Crippen LogP contribution in [0.4, 0.5) is 17.1 Å². The minimum atomic E-state index is 0.0850. The van der Waals surface area contributed by atoms with Crippen LogP contribution < -0.4 is 21.3 Å². The first-order valence-electron chi connectivity index (χ1n) is 20.0. The molecule has 1 heterocycles. The second kappa shape index (κ2) is 12.9. The summed E-state index contributed by atoms with van der Waals surface area (Å²) in [5.41, 5.74) is 14.4. The molecule has 0 bridgehead atoms. The maximum absolute atomic E-state index is 6.32. The molecule has 2 nitrogen and oxygen atoms in total. The zero-order valence-corrected chi connectivity index (χ0v) is 32.6. The van der Waals surface area contributed by atoms with Crippen LogP contribution in [0, 0.1) is 27.7 Å². The van der Waals surface area contributed by atoms with Gasteiger partial charge < -0.3 is 9.32 Å². The Hall–Kier alpha value is -6.84. The molecule has 0 atom stereocenters. The van der Waals surface area contributed by atoms with Crippen LogP contribution in [0.2, 0.25) is 0 Å². The molecule has 0 fully saturated rings. The molecular weight excluding hydrogens is 689 g/mol. The van der Waals surface area contributed by atoms with Gasteiger partial charge in [0, 0.05) is 27.5 Å². The van der Waals surface area contributed by atoms with Crippen LogP contribution in [0.25, 0.3) is 65.0 Å². The Morgan fingerprint density at radius 3 is 1.68 bits per heavy atom. The summed E-state index contributed by atoms with van der Waals surface area (Å²) in [6, 6.07) is 62.7. The van der Waals surface area contributed by atoms with Gasteiger partial charge in [-0.1, -0.05) is 155 Å². The van der Waals surface area contributed by atoms with E-state index in [9.17, 15) is 0 Å². The van der Waals surface area contributed by atoms with Crippen LogP contribution in [-0.4, -0.2) is 6.71 Å². The summed E-state index contributed by atoms with van der Waals surface area (Å²) in [5, 5.41) is 12.5. The number of fused-ring (bicyclic) bond motifs is 4. The van der Waals surface area contributed by atoms with Gasteiger partial charge in [-0.2, -0.15) is 0 Å². The van der Waals surface area contributed by atoms with Crippen molar-refractivity contribution in [3.8, 4) is 0 Å². The van der Waals surface area contributed by atoms with Gasteiger partial charge in [-0.05, 0) is 119 Å². The normalized spacial score (nSPS) is 11.9. The van der Waals surface area contributed by atoms with Gasteiger partial charge in [-0.25, -0.2) is 0 Å². The van der Waals surface area contributed by atoms with Crippen LogP contribution >= 0.6 is 0 Å². The zero-order valence-electron chi connectivity index (χ0n) is 32.6. The lowest BCUT2D eigenvalue weighted by Gasteiger charge is -2.29. The molecule has 0 aliphatic heterocycles. The highest BCUT2D eigenvalue weighted by molar-refractivity contribution is 6.97. The van der Waals surface area contributed by atoms with Gasteiger partial charge in [0.1, 0.15) is 11.2 Å². The lowest BCUT2D eigenvalue weighted by molar-refractivity contribution is 0.669. The molecule has 0 saturated carbocycles. The molecule has 0 saturated heterocycles. The molecule has 11 rings (SSSR count). The molecule has 0 spiro atoms. The Balaban J connectivity index is 1.22. The Bertz CT molecular complexity index is 3330. The molecule has 57 heavy (non-hydrogen) atoms. The summed E-state index contributed by atoms with van der Waals surface area (Å²) in [6.07, 6.45) is 0. The minimum Gasteiger partial charge on any atom is -0.456 e. The second-order valence-electron chi connectivity index (χ2n) is 15.9. The van der Waals surface area contributed by atoms with E-state index in [4.69, 9.17) is 4.42 Å². The first-order chi connectivity index (χ1) is 27.9. The lowest BCUT2D eigenvalue weighted by atomic mass is 9.35. The van der Waals surface area contributed by atoms with Gasteiger partial charge in [0.2, 0.25) is 6.71 Å². The highest BCUT2D eigenvalue weighted by atomic mass is 16.3. The molecule has 3 heteroatoms. The quantitative estimate of drug-likeness (QED) is 0.125. The van der Waals surface area contributed by atoms with Crippen molar-refractivity contribution >= 4 is 105 Å². The predicted molar refractivity (Wildman–Crippen MR) is 246 cm³/mol. The number of aryl methyl sites for hydroxylation is 4. The fraction of sp³-hybridized carbons (Fsp3) is 0.0741. The average molecular weight is 730 g/mol. The molecule has 0 aliphatic rings. The van der Waals surface area contributed by atoms with Gasteiger partial charge in [-0.15, -0.1) is 0 Å². The number of nitrogens with zero attached hydrogens (tertiary/aromatic N) is 1. The van der Waals surface area contributed by atoms with Crippen molar-refractivity contribution in [3.63, 3.8) is 0 Å². The lowest BCUT2D eigenvalue weighted by Crippen LogP contribution is -2.54. The Morgan fingerprint density at radius 1 is 0.368 bits per heavy atom. The number of benzene rings is 10. The third-order valence-corrected chi connectivity index (χ3v) is 12.5. The first-order valence-corrected chi connectivity index (χ1v) is 20.0. The van der Waals surface area contributed by atoms with Crippen molar-refractivity contribution in [1.82, 2.24) is 0 Å². The van der Waals surface area contributed by atoms with E-state index < -0.39 is 0 Å².